The summed E-state index contributed by atoms with van der Waals surface area (Å²) in [5, 5.41) is 0. The summed E-state index contributed by atoms with van der Waals surface area (Å²) in [5.74, 6) is 2.15. The maximum atomic E-state index is 12.4. The highest BCUT2D eigenvalue weighted by Crippen LogP contribution is 2.21. The lowest BCUT2D eigenvalue weighted by Gasteiger charge is -2.27. The van der Waals surface area contributed by atoms with Crippen LogP contribution < -0.4 is 5.73 Å². The molecule has 0 heterocycles. The van der Waals surface area contributed by atoms with E-state index >= 15 is 0 Å². The van der Waals surface area contributed by atoms with Gasteiger partial charge in [-0.25, -0.2) is 0 Å². The minimum absolute atomic E-state index is 0.321. The van der Waals surface area contributed by atoms with Gasteiger partial charge in [0.1, 0.15) is 0 Å². The summed E-state index contributed by atoms with van der Waals surface area (Å²) < 4.78 is 0. The van der Waals surface area contributed by atoms with Gasteiger partial charge >= 0.3 is 0 Å². The molecule has 120 valence electrons. The molecule has 0 saturated heterocycles. The van der Waals surface area contributed by atoms with Crippen LogP contribution in [0.2, 0.25) is 0 Å². The van der Waals surface area contributed by atoms with Crippen molar-refractivity contribution < 1.29 is 4.79 Å². The summed E-state index contributed by atoms with van der Waals surface area (Å²) in [5.41, 5.74) is 5.67. The third-order valence-corrected chi connectivity index (χ3v) is 4.58. The fourth-order valence-electron chi connectivity index (χ4n) is 2.76. The molecule has 0 bridgehead atoms. The number of carbonyl (C=O) groups excluding carboxylic acids is 1. The molecule has 0 aliphatic heterocycles. The first-order valence-electron chi connectivity index (χ1n) is 8.47. The molecule has 0 aliphatic rings. The summed E-state index contributed by atoms with van der Waals surface area (Å²) in [7, 11) is 0. The second-order valence-electron chi connectivity index (χ2n) is 6.24. The average Bonchev–Trinajstić information content (AvgIpc) is 2.44. The lowest BCUT2D eigenvalue weighted by atomic mass is 9.88. The molecule has 0 aliphatic carbocycles. The van der Waals surface area contributed by atoms with E-state index in [1.807, 2.05) is 4.90 Å². The van der Waals surface area contributed by atoms with E-state index in [0.717, 1.165) is 45.3 Å². The maximum Gasteiger partial charge on any atom is 0.222 e. The van der Waals surface area contributed by atoms with E-state index in [2.05, 4.69) is 34.6 Å². The van der Waals surface area contributed by atoms with Gasteiger partial charge in [-0.3, -0.25) is 4.79 Å². The zero-order chi connectivity index (χ0) is 15.5. The second kappa shape index (κ2) is 11.1. The Bertz CT molecular complexity index is 249. The third kappa shape index (κ3) is 7.28. The van der Waals surface area contributed by atoms with Crippen LogP contribution in [-0.2, 0) is 4.79 Å². The van der Waals surface area contributed by atoms with Gasteiger partial charge in [-0.1, -0.05) is 40.5 Å². The summed E-state index contributed by atoms with van der Waals surface area (Å²) >= 11 is 0. The minimum atomic E-state index is 0.321. The lowest BCUT2D eigenvalue weighted by Crippen LogP contribution is -2.35. The summed E-state index contributed by atoms with van der Waals surface area (Å²) in [6, 6.07) is 0. The van der Waals surface area contributed by atoms with Crippen LogP contribution in [0.3, 0.4) is 0 Å². The van der Waals surface area contributed by atoms with Gasteiger partial charge in [0, 0.05) is 19.5 Å². The Labute approximate surface area is 126 Å². The Morgan fingerprint density at radius 2 is 1.70 bits per heavy atom. The number of nitrogens with zero attached hydrogens (tertiary/aromatic N) is 1. The zero-order valence-corrected chi connectivity index (χ0v) is 14.3. The molecule has 0 aromatic rings. The van der Waals surface area contributed by atoms with Gasteiger partial charge in [-0.15, -0.1) is 0 Å². The molecule has 0 aromatic heterocycles. The van der Waals surface area contributed by atoms with Crippen molar-refractivity contribution in [1.29, 1.82) is 0 Å². The first-order chi connectivity index (χ1) is 9.49. The monoisotopic (exact) mass is 284 g/mol. The molecule has 0 radical (unpaired) electrons. The molecule has 0 fully saturated rings. The highest BCUT2D eigenvalue weighted by Gasteiger charge is 2.19. The number of amides is 1. The maximum absolute atomic E-state index is 12.4. The fourth-order valence-corrected chi connectivity index (χ4v) is 2.76. The zero-order valence-electron chi connectivity index (χ0n) is 14.3. The molecule has 0 spiro atoms. The summed E-state index contributed by atoms with van der Waals surface area (Å²) in [6.45, 7) is 13.4. The topological polar surface area (TPSA) is 46.3 Å². The Balaban J connectivity index is 4.33. The van der Waals surface area contributed by atoms with Crippen LogP contribution in [0.15, 0.2) is 0 Å². The first kappa shape index (κ1) is 19.4. The van der Waals surface area contributed by atoms with Crippen molar-refractivity contribution in [3.05, 3.63) is 0 Å². The van der Waals surface area contributed by atoms with Crippen molar-refractivity contribution >= 4 is 5.91 Å². The van der Waals surface area contributed by atoms with Crippen LogP contribution >= 0.6 is 0 Å². The van der Waals surface area contributed by atoms with Crippen LogP contribution in [0, 0.1) is 17.8 Å². The van der Waals surface area contributed by atoms with E-state index in [-0.39, 0.29) is 0 Å². The predicted octanol–water partition coefficient (Wildman–Crippen LogP) is 3.67. The SMILES string of the molecule is CCC(CC)CN(CC)C(=O)CCC(CCN)C(C)C. The van der Waals surface area contributed by atoms with Gasteiger partial charge < -0.3 is 10.6 Å². The fraction of sp³-hybridized carbons (Fsp3) is 0.941. The Kier molecular flexibility index (Phi) is 10.8. The molecule has 2 N–H and O–H groups in total. The average molecular weight is 284 g/mol. The number of rotatable bonds is 11. The smallest absolute Gasteiger partial charge is 0.222 e. The standard InChI is InChI=1S/C17H36N2O/c1-6-15(7-2)13-19(8-3)17(20)10-9-16(11-12-18)14(4)5/h14-16H,6-13,18H2,1-5H3. The van der Waals surface area contributed by atoms with Gasteiger partial charge in [0.2, 0.25) is 5.91 Å². The molecule has 3 nitrogen and oxygen atoms in total. The molecule has 20 heavy (non-hydrogen) atoms. The van der Waals surface area contributed by atoms with Gasteiger partial charge in [-0.2, -0.15) is 0 Å². The van der Waals surface area contributed by atoms with E-state index < -0.39 is 0 Å². The number of carbonyl (C=O) groups is 1. The van der Waals surface area contributed by atoms with Gasteiger partial charge in [0.15, 0.2) is 0 Å². The molecular formula is C17H36N2O. The summed E-state index contributed by atoms with van der Waals surface area (Å²) in [6.07, 6.45) is 5.00. The van der Waals surface area contributed by atoms with E-state index in [4.69, 9.17) is 5.73 Å². The minimum Gasteiger partial charge on any atom is -0.343 e. The highest BCUT2D eigenvalue weighted by molar-refractivity contribution is 5.76. The third-order valence-electron chi connectivity index (χ3n) is 4.58. The van der Waals surface area contributed by atoms with Gasteiger partial charge in [0.25, 0.3) is 0 Å². The lowest BCUT2D eigenvalue weighted by molar-refractivity contribution is -0.132. The van der Waals surface area contributed by atoms with Crippen molar-refractivity contribution in [2.24, 2.45) is 23.5 Å². The second-order valence-corrected chi connectivity index (χ2v) is 6.24. The van der Waals surface area contributed by atoms with Crippen LogP contribution in [0.5, 0.6) is 0 Å². The van der Waals surface area contributed by atoms with E-state index in [1.54, 1.807) is 0 Å². The van der Waals surface area contributed by atoms with Crippen LogP contribution in [0.25, 0.3) is 0 Å². The number of hydrogen-bond acceptors (Lipinski definition) is 2. The predicted molar refractivity (Wildman–Crippen MR) is 87.6 cm³/mol. The molecule has 1 atom stereocenters. The molecular weight excluding hydrogens is 248 g/mol. The van der Waals surface area contributed by atoms with E-state index in [9.17, 15) is 4.79 Å². The largest absolute Gasteiger partial charge is 0.343 e. The molecule has 0 rings (SSSR count). The van der Waals surface area contributed by atoms with Crippen molar-refractivity contribution in [3.8, 4) is 0 Å². The molecule has 1 amide bonds. The van der Waals surface area contributed by atoms with Crippen LogP contribution in [0.4, 0.5) is 0 Å². The van der Waals surface area contributed by atoms with Crippen molar-refractivity contribution in [1.82, 2.24) is 4.90 Å². The van der Waals surface area contributed by atoms with Gasteiger partial charge in [0.05, 0.1) is 0 Å². The quantitative estimate of drug-likeness (QED) is 0.629. The van der Waals surface area contributed by atoms with Crippen molar-refractivity contribution in [3.63, 3.8) is 0 Å². The van der Waals surface area contributed by atoms with E-state index in [0.29, 0.717) is 30.1 Å². The number of hydrogen-bond donors (Lipinski definition) is 1. The molecule has 3 heteroatoms. The normalized spacial score (nSPS) is 13.0. The molecule has 1 unspecified atom stereocenters. The number of nitrogens with two attached hydrogens (primary N) is 1. The van der Waals surface area contributed by atoms with E-state index in [1.165, 1.54) is 0 Å². The highest BCUT2D eigenvalue weighted by atomic mass is 16.2. The van der Waals surface area contributed by atoms with Crippen LogP contribution in [0.1, 0.15) is 66.7 Å². The Morgan fingerprint density at radius 1 is 1.10 bits per heavy atom. The Morgan fingerprint density at radius 3 is 2.10 bits per heavy atom. The summed E-state index contributed by atoms with van der Waals surface area (Å²) in [4.78, 5) is 14.4. The first-order valence-corrected chi connectivity index (χ1v) is 8.47. The van der Waals surface area contributed by atoms with Gasteiger partial charge in [-0.05, 0) is 44.1 Å². The Hall–Kier alpha value is -0.570. The van der Waals surface area contributed by atoms with Crippen LogP contribution in [-0.4, -0.2) is 30.4 Å². The molecule has 0 aromatic carbocycles. The van der Waals surface area contributed by atoms with Crippen molar-refractivity contribution in [2.45, 2.75) is 66.7 Å². The van der Waals surface area contributed by atoms with Crippen molar-refractivity contribution in [2.75, 3.05) is 19.6 Å². The molecule has 0 saturated carbocycles.